The highest BCUT2D eigenvalue weighted by atomic mass is 16.1. The minimum atomic E-state index is -0.000544. The predicted molar refractivity (Wildman–Crippen MR) is 67.8 cm³/mol. The normalized spacial score (nSPS) is 10.3. The van der Waals surface area contributed by atoms with Crippen LogP contribution in [0.4, 0.5) is 0 Å². The Morgan fingerprint density at radius 3 is 2.67 bits per heavy atom. The van der Waals surface area contributed by atoms with Crippen molar-refractivity contribution in [3.8, 4) is 0 Å². The first-order valence-electron chi connectivity index (χ1n) is 5.83. The number of aryl methyl sites for hydroxylation is 2. The van der Waals surface area contributed by atoms with Crippen LogP contribution < -0.4 is 5.32 Å². The van der Waals surface area contributed by atoms with Gasteiger partial charge in [0.1, 0.15) is 0 Å². The fraction of sp³-hybridized carbons (Fsp3) is 0.308. The number of nitrogens with zero attached hydrogens (tertiary/aromatic N) is 2. The number of nitrogens with one attached hydrogen (secondary N) is 2. The van der Waals surface area contributed by atoms with E-state index < -0.39 is 0 Å². The second-order valence-corrected chi connectivity index (χ2v) is 4.22. The van der Waals surface area contributed by atoms with Crippen LogP contribution in [0.2, 0.25) is 0 Å². The average molecular weight is 244 g/mol. The lowest BCUT2D eigenvalue weighted by atomic mass is 10.1. The molecule has 0 aliphatic rings. The van der Waals surface area contributed by atoms with Crippen LogP contribution in [0.1, 0.15) is 22.5 Å². The van der Waals surface area contributed by atoms with Crippen LogP contribution in [0.25, 0.3) is 0 Å². The minimum absolute atomic E-state index is 0.000544. The van der Waals surface area contributed by atoms with Crippen molar-refractivity contribution in [1.29, 1.82) is 0 Å². The van der Waals surface area contributed by atoms with E-state index in [0.717, 1.165) is 22.5 Å². The molecule has 0 aliphatic carbocycles. The van der Waals surface area contributed by atoms with E-state index in [1.807, 2.05) is 26.0 Å². The van der Waals surface area contributed by atoms with Crippen molar-refractivity contribution in [2.75, 3.05) is 0 Å². The van der Waals surface area contributed by atoms with Crippen molar-refractivity contribution in [3.63, 3.8) is 0 Å². The zero-order valence-corrected chi connectivity index (χ0v) is 10.5. The molecule has 2 aromatic rings. The highest BCUT2D eigenvalue weighted by Gasteiger charge is 2.10. The first-order chi connectivity index (χ1) is 8.66. The molecule has 0 spiro atoms. The Morgan fingerprint density at radius 2 is 2.06 bits per heavy atom. The van der Waals surface area contributed by atoms with Gasteiger partial charge in [-0.15, -0.1) is 0 Å². The number of pyridine rings is 1. The molecule has 0 bridgehead atoms. The number of carbonyl (C=O) groups is 1. The summed E-state index contributed by atoms with van der Waals surface area (Å²) in [5.41, 5.74) is 3.85. The van der Waals surface area contributed by atoms with Crippen LogP contribution in [0.5, 0.6) is 0 Å². The van der Waals surface area contributed by atoms with E-state index >= 15 is 0 Å². The number of rotatable bonds is 4. The molecule has 1 amide bonds. The van der Waals surface area contributed by atoms with Crippen molar-refractivity contribution in [1.82, 2.24) is 20.5 Å². The monoisotopic (exact) mass is 244 g/mol. The molecule has 0 saturated heterocycles. The Hall–Kier alpha value is -2.17. The van der Waals surface area contributed by atoms with E-state index in [1.54, 1.807) is 12.4 Å². The Labute approximate surface area is 106 Å². The van der Waals surface area contributed by atoms with E-state index in [0.29, 0.717) is 13.0 Å². The number of carbonyl (C=O) groups excluding carboxylic acids is 1. The summed E-state index contributed by atoms with van der Waals surface area (Å²) in [6, 6.07) is 3.77. The molecule has 5 nitrogen and oxygen atoms in total. The van der Waals surface area contributed by atoms with E-state index in [-0.39, 0.29) is 5.91 Å². The second-order valence-electron chi connectivity index (χ2n) is 4.22. The predicted octanol–water partition coefficient (Wildman–Crippen LogP) is 1.28. The molecule has 94 valence electrons. The molecule has 2 heterocycles. The number of H-pyrrole nitrogens is 1. The van der Waals surface area contributed by atoms with E-state index in [1.165, 1.54) is 0 Å². The summed E-state index contributed by atoms with van der Waals surface area (Å²) < 4.78 is 0. The molecule has 0 fully saturated rings. The number of aromatic nitrogens is 3. The quantitative estimate of drug-likeness (QED) is 0.851. The molecular weight excluding hydrogens is 228 g/mol. The van der Waals surface area contributed by atoms with Gasteiger partial charge in [0.25, 0.3) is 0 Å². The molecule has 0 atom stereocenters. The van der Waals surface area contributed by atoms with Gasteiger partial charge < -0.3 is 5.32 Å². The standard InChI is InChI=1S/C13H16N4O/c1-9-12(10(2)17-16-9)7-13(18)15-8-11-3-5-14-6-4-11/h3-6H,7-8H2,1-2H3,(H,15,18)(H,16,17). The first kappa shape index (κ1) is 12.3. The van der Waals surface area contributed by atoms with Crippen LogP contribution in [0.15, 0.2) is 24.5 Å². The van der Waals surface area contributed by atoms with Gasteiger partial charge >= 0.3 is 0 Å². The first-order valence-corrected chi connectivity index (χ1v) is 5.83. The van der Waals surface area contributed by atoms with Gasteiger partial charge in [-0.05, 0) is 31.5 Å². The molecular formula is C13H16N4O. The van der Waals surface area contributed by atoms with Crippen LogP contribution in [0, 0.1) is 13.8 Å². The van der Waals surface area contributed by atoms with Crippen LogP contribution in [0.3, 0.4) is 0 Å². The molecule has 18 heavy (non-hydrogen) atoms. The Kier molecular flexibility index (Phi) is 3.72. The number of hydrogen-bond donors (Lipinski definition) is 2. The lowest BCUT2D eigenvalue weighted by Crippen LogP contribution is -2.24. The fourth-order valence-electron chi connectivity index (χ4n) is 1.76. The molecule has 0 saturated carbocycles. The number of amides is 1. The molecule has 2 aromatic heterocycles. The second kappa shape index (κ2) is 5.44. The van der Waals surface area contributed by atoms with Crippen LogP contribution in [-0.2, 0) is 17.8 Å². The fourth-order valence-corrected chi connectivity index (χ4v) is 1.76. The van der Waals surface area contributed by atoms with Gasteiger partial charge in [-0.3, -0.25) is 14.9 Å². The lowest BCUT2D eigenvalue weighted by molar-refractivity contribution is -0.120. The third-order valence-electron chi connectivity index (χ3n) is 2.86. The summed E-state index contributed by atoms with van der Waals surface area (Å²) in [5, 5.41) is 9.84. The molecule has 5 heteroatoms. The van der Waals surface area contributed by atoms with Crippen molar-refractivity contribution >= 4 is 5.91 Å². The van der Waals surface area contributed by atoms with Crippen molar-refractivity contribution in [2.24, 2.45) is 0 Å². The van der Waals surface area contributed by atoms with E-state index in [2.05, 4.69) is 20.5 Å². The SMILES string of the molecule is Cc1n[nH]c(C)c1CC(=O)NCc1ccncc1. The summed E-state index contributed by atoms with van der Waals surface area (Å²) in [4.78, 5) is 15.8. The summed E-state index contributed by atoms with van der Waals surface area (Å²) in [5.74, 6) is -0.000544. The summed E-state index contributed by atoms with van der Waals surface area (Å²) in [7, 11) is 0. The summed E-state index contributed by atoms with van der Waals surface area (Å²) in [6.07, 6.45) is 3.79. The van der Waals surface area contributed by atoms with Gasteiger partial charge in [0.15, 0.2) is 0 Å². The third-order valence-corrected chi connectivity index (χ3v) is 2.86. The average Bonchev–Trinajstić information content (AvgIpc) is 2.69. The van der Waals surface area contributed by atoms with Gasteiger partial charge in [0.2, 0.25) is 5.91 Å². The molecule has 0 unspecified atom stereocenters. The zero-order valence-electron chi connectivity index (χ0n) is 10.5. The molecule has 0 aliphatic heterocycles. The maximum absolute atomic E-state index is 11.8. The minimum Gasteiger partial charge on any atom is -0.352 e. The highest BCUT2D eigenvalue weighted by Crippen LogP contribution is 2.09. The molecule has 2 N–H and O–H groups in total. The van der Waals surface area contributed by atoms with Crippen LogP contribution >= 0.6 is 0 Å². The Bertz CT molecular complexity index is 514. The molecule has 2 rings (SSSR count). The van der Waals surface area contributed by atoms with Gasteiger partial charge in [0.05, 0.1) is 12.1 Å². The molecule has 0 aromatic carbocycles. The smallest absolute Gasteiger partial charge is 0.224 e. The van der Waals surface area contributed by atoms with Crippen molar-refractivity contribution in [3.05, 3.63) is 47.0 Å². The topological polar surface area (TPSA) is 70.7 Å². The van der Waals surface area contributed by atoms with Gasteiger partial charge in [-0.25, -0.2) is 0 Å². The Morgan fingerprint density at radius 1 is 1.33 bits per heavy atom. The summed E-state index contributed by atoms with van der Waals surface area (Å²) >= 11 is 0. The molecule has 0 radical (unpaired) electrons. The van der Waals surface area contributed by atoms with Crippen molar-refractivity contribution < 1.29 is 4.79 Å². The maximum atomic E-state index is 11.8. The lowest BCUT2D eigenvalue weighted by Gasteiger charge is -2.05. The van der Waals surface area contributed by atoms with E-state index in [4.69, 9.17) is 0 Å². The largest absolute Gasteiger partial charge is 0.352 e. The highest BCUT2D eigenvalue weighted by molar-refractivity contribution is 5.79. The third kappa shape index (κ3) is 2.94. The zero-order chi connectivity index (χ0) is 13.0. The Balaban J connectivity index is 1.90. The van der Waals surface area contributed by atoms with Crippen LogP contribution in [-0.4, -0.2) is 21.1 Å². The van der Waals surface area contributed by atoms with Gasteiger partial charge in [0, 0.05) is 30.2 Å². The van der Waals surface area contributed by atoms with Gasteiger partial charge in [-0.2, -0.15) is 5.10 Å². The van der Waals surface area contributed by atoms with Crippen molar-refractivity contribution in [2.45, 2.75) is 26.8 Å². The number of aromatic amines is 1. The van der Waals surface area contributed by atoms with Gasteiger partial charge in [-0.1, -0.05) is 0 Å². The maximum Gasteiger partial charge on any atom is 0.224 e. The number of hydrogen-bond acceptors (Lipinski definition) is 3. The van der Waals surface area contributed by atoms with E-state index in [9.17, 15) is 4.79 Å². The summed E-state index contributed by atoms with van der Waals surface area (Å²) in [6.45, 7) is 4.34.